The topological polar surface area (TPSA) is 59.0 Å². The molecule has 2 N–H and O–H groups in total. The summed E-state index contributed by atoms with van der Waals surface area (Å²) in [6.45, 7) is 1.95. The monoisotopic (exact) mass is 224 g/mol. The molecule has 0 fully saturated rings. The quantitative estimate of drug-likeness (QED) is 0.796. The summed E-state index contributed by atoms with van der Waals surface area (Å²) in [7, 11) is 0. The maximum absolute atomic E-state index is 8.79. The third-order valence-corrected chi connectivity index (χ3v) is 2.27. The lowest BCUT2D eigenvalue weighted by molar-refractivity contribution is 0.482. The van der Waals surface area contributed by atoms with Gasteiger partial charge in [-0.2, -0.15) is 5.26 Å². The van der Waals surface area contributed by atoms with E-state index in [1.54, 1.807) is 30.3 Å². The zero-order valence-electron chi connectivity index (χ0n) is 9.47. The van der Waals surface area contributed by atoms with Crippen molar-refractivity contribution in [3.63, 3.8) is 0 Å². The molecule has 3 nitrogen and oxygen atoms in total. The Bertz CT molecular complexity index is 565. The normalized spacial score (nSPS) is 9.65. The molecule has 0 atom stereocenters. The molecule has 0 saturated carbocycles. The molecule has 0 saturated heterocycles. The van der Waals surface area contributed by atoms with Crippen LogP contribution in [0.25, 0.3) is 0 Å². The van der Waals surface area contributed by atoms with Gasteiger partial charge in [-0.25, -0.2) is 0 Å². The number of nitrogens with zero attached hydrogens (tertiary/aromatic N) is 1. The van der Waals surface area contributed by atoms with E-state index in [9.17, 15) is 0 Å². The standard InChI is InChI=1S/C14H12N2O/c1-10-5-12(16)8-14(6-10)17-13-4-2-3-11(7-13)9-15/h2-8H,16H2,1H3. The Balaban J connectivity index is 2.28. The Kier molecular flexibility index (Phi) is 2.97. The third-order valence-electron chi connectivity index (χ3n) is 2.27. The molecule has 0 aliphatic carbocycles. The lowest BCUT2D eigenvalue weighted by Crippen LogP contribution is -1.90. The Morgan fingerprint density at radius 3 is 2.65 bits per heavy atom. The molecule has 0 aliphatic heterocycles. The highest BCUT2D eigenvalue weighted by Crippen LogP contribution is 2.25. The van der Waals surface area contributed by atoms with Crippen molar-refractivity contribution in [1.29, 1.82) is 5.26 Å². The van der Waals surface area contributed by atoms with Crippen molar-refractivity contribution in [3.8, 4) is 17.6 Å². The van der Waals surface area contributed by atoms with Crippen LogP contribution in [-0.2, 0) is 0 Å². The molecule has 0 amide bonds. The van der Waals surface area contributed by atoms with E-state index in [1.807, 2.05) is 19.1 Å². The van der Waals surface area contributed by atoms with Gasteiger partial charge in [-0.05, 0) is 42.8 Å². The number of benzene rings is 2. The zero-order chi connectivity index (χ0) is 12.3. The predicted octanol–water partition coefficient (Wildman–Crippen LogP) is 3.24. The molecule has 0 spiro atoms. The van der Waals surface area contributed by atoms with E-state index in [1.165, 1.54) is 0 Å². The molecule has 2 aromatic carbocycles. The number of nitrogens with two attached hydrogens (primary N) is 1. The maximum atomic E-state index is 8.79. The van der Waals surface area contributed by atoms with Crippen LogP contribution in [0.2, 0.25) is 0 Å². The first kappa shape index (κ1) is 11.0. The van der Waals surface area contributed by atoms with Gasteiger partial charge in [0, 0.05) is 11.8 Å². The van der Waals surface area contributed by atoms with Crippen molar-refractivity contribution in [1.82, 2.24) is 0 Å². The first-order valence-corrected chi connectivity index (χ1v) is 5.22. The van der Waals surface area contributed by atoms with E-state index in [0.29, 0.717) is 22.7 Å². The fourth-order valence-electron chi connectivity index (χ4n) is 1.60. The molecule has 0 aliphatic rings. The molecule has 0 aromatic heterocycles. The van der Waals surface area contributed by atoms with Crippen LogP contribution in [0.5, 0.6) is 11.5 Å². The summed E-state index contributed by atoms with van der Waals surface area (Å²) in [6, 6.07) is 14.6. The summed E-state index contributed by atoms with van der Waals surface area (Å²) in [4.78, 5) is 0. The van der Waals surface area contributed by atoms with Crippen LogP contribution in [0.15, 0.2) is 42.5 Å². The fraction of sp³-hybridized carbons (Fsp3) is 0.0714. The molecular weight excluding hydrogens is 212 g/mol. The van der Waals surface area contributed by atoms with E-state index in [2.05, 4.69) is 6.07 Å². The molecule has 3 heteroatoms. The van der Waals surface area contributed by atoms with Gasteiger partial charge in [0.1, 0.15) is 11.5 Å². The number of anilines is 1. The number of rotatable bonds is 2. The van der Waals surface area contributed by atoms with Crippen LogP contribution in [0.3, 0.4) is 0 Å². The van der Waals surface area contributed by atoms with Crippen LogP contribution in [0.4, 0.5) is 5.69 Å². The van der Waals surface area contributed by atoms with E-state index < -0.39 is 0 Å². The summed E-state index contributed by atoms with van der Waals surface area (Å²) in [6.07, 6.45) is 0. The van der Waals surface area contributed by atoms with E-state index in [-0.39, 0.29) is 0 Å². The number of nitrogen functional groups attached to an aromatic ring is 1. The molecule has 0 heterocycles. The number of nitriles is 1. The van der Waals surface area contributed by atoms with Crippen LogP contribution >= 0.6 is 0 Å². The highest BCUT2D eigenvalue weighted by molar-refractivity contribution is 5.49. The third kappa shape index (κ3) is 2.76. The molecule has 17 heavy (non-hydrogen) atoms. The minimum Gasteiger partial charge on any atom is -0.457 e. The highest BCUT2D eigenvalue weighted by Gasteiger charge is 2.00. The Morgan fingerprint density at radius 2 is 1.94 bits per heavy atom. The molecule has 0 bridgehead atoms. The fourth-order valence-corrected chi connectivity index (χ4v) is 1.60. The van der Waals surface area contributed by atoms with Gasteiger partial charge in [0.2, 0.25) is 0 Å². The Labute approximate surface area is 100 Å². The first-order chi connectivity index (χ1) is 8.17. The summed E-state index contributed by atoms with van der Waals surface area (Å²) < 4.78 is 5.65. The summed E-state index contributed by atoms with van der Waals surface area (Å²) in [5, 5.41) is 8.79. The lowest BCUT2D eigenvalue weighted by atomic mass is 10.2. The van der Waals surface area contributed by atoms with Crippen LogP contribution < -0.4 is 10.5 Å². The zero-order valence-corrected chi connectivity index (χ0v) is 9.47. The minimum absolute atomic E-state index is 0.572. The van der Waals surface area contributed by atoms with Gasteiger partial charge in [0.25, 0.3) is 0 Å². The number of hydrogen-bond acceptors (Lipinski definition) is 3. The van der Waals surface area contributed by atoms with Crippen molar-refractivity contribution < 1.29 is 4.74 Å². The Hall–Kier alpha value is -2.47. The molecule has 84 valence electrons. The van der Waals surface area contributed by atoms with E-state index in [4.69, 9.17) is 15.7 Å². The summed E-state index contributed by atoms with van der Waals surface area (Å²) in [5.41, 5.74) is 8.01. The average Bonchev–Trinajstić information content (AvgIpc) is 2.28. The SMILES string of the molecule is Cc1cc(N)cc(Oc2cccc(C#N)c2)c1. The van der Waals surface area contributed by atoms with Crippen molar-refractivity contribution in [2.45, 2.75) is 6.92 Å². The van der Waals surface area contributed by atoms with Gasteiger partial charge < -0.3 is 10.5 Å². The van der Waals surface area contributed by atoms with Gasteiger partial charge in [-0.3, -0.25) is 0 Å². The van der Waals surface area contributed by atoms with Crippen LogP contribution in [-0.4, -0.2) is 0 Å². The van der Waals surface area contributed by atoms with E-state index in [0.717, 1.165) is 5.56 Å². The second-order valence-corrected chi connectivity index (χ2v) is 3.82. The summed E-state index contributed by atoms with van der Waals surface area (Å²) in [5.74, 6) is 1.31. The van der Waals surface area contributed by atoms with Gasteiger partial charge >= 0.3 is 0 Å². The molecular formula is C14H12N2O. The smallest absolute Gasteiger partial charge is 0.129 e. The molecule has 0 radical (unpaired) electrons. The second-order valence-electron chi connectivity index (χ2n) is 3.82. The molecule has 2 rings (SSSR count). The molecule has 0 unspecified atom stereocenters. The maximum Gasteiger partial charge on any atom is 0.129 e. The Morgan fingerprint density at radius 1 is 1.12 bits per heavy atom. The van der Waals surface area contributed by atoms with Crippen molar-refractivity contribution in [2.24, 2.45) is 0 Å². The van der Waals surface area contributed by atoms with Crippen LogP contribution in [0.1, 0.15) is 11.1 Å². The van der Waals surface area contributed by atoms with Crippen molar-refractivity contribution in [2.75, 3.05) is 5.73 Å². The number of aryl methyl sites for hydroxylation is 1. The van der Waals surface area contributed by atoms with Gasteiger partial charge in [-0.15, -0.1) is 0 Å². The second kappa shape index (κ2) is 4.58. The number of ether oxygens (including phenoxy) is 1. The summed E-state index contributed by atoms with van der Waals surface area (Å²) >= 11 is 0. The van der Waals surface area contributed by atoms with Crippen molar-refractivity contribution >= 4 is 5.69 Å². The average molecular weight is 224 g/mol. The molecule has 2 aromatic rings. The van der Waals surface area contributed by atoms with Gasteiger partial charge in [0.15, 0.2) is 0 Å². The first-order valence-electron chi connectivity index (χ1n) is 5.22. The van der Waals surface area contributed by atoms with Crippen LogP contribution in [0, 0.1) is 18.3 Å². The predicted molar refractivity (Wildman–Crippen MR) is 66.8 cm³/mol. The van der Waals surface area contributed by atoms with Gasteiger partial charge in [-0.1, -0.05) is 6.07 Å². The van der Waals surface area contributed by atoms with Crippen molar-refractivity contribution in [3.05, 3.63) is 53.6 Å². The number of hydrogen-bond donors (Lipinski definition) is 1. The lowest BCUT2D eigenvalue weighted by Gasteiger charge is -2.07. The highest BCUT2D eigenvalue weighted by atomic mass is 16.5. The van der Waals surface area contributed by atoms with Gasteiger partial charge in [0.05, 0.1) is 11.6 Å². The minimum atomic E-state index is 0.572. The van der Waals surface area contributed by atoms with E-state index >= 15 is 0 Å². The largest absolute Gasteiger partial charge is 0.457 e.